The molecule has 0 saturated carbocycles. The number of fused-ring (bicyclic) bond motifs is 1. The van der Waals surface area contributed by atoms with Crippen molar-refractivity contribution in [2.24, 2.45) is 11.8 Å². The maximum absolute atomic E-state index is 12.1. The molecule has 0 saturated heterocycles. The van der Waals surface area contributed by atoms with Crippen LogP contribution in [0.3, 0.4) is 0 Å². The fraction of sp³-hybridized carbons (Fsp3) is 0.500. The largest absolute Gasteiger partial charge is 0.493 e. The van der Waals surface area contributed by atoms with Crippen LogP contribution in [0.25, 0.3) is 0 Å². The number of rotatable bonds is 6. The summed E-state index contributed by atoms with van der Waals surface area (Å²) in [5.74, 6) is -0.548. The summed E-state index contributed by atoms with van der Waals surface area (Å²) in [5, 5.41) is 11.9. The van der Waals surface area contributed by atoms with Crippen molar-refractivity contribution in [3.63, 3.8) is 0 Å². The third-order valence-electron chi connectivity index (χ3n) is 3.57. The number of ether oxygens (including phenoxy) is 1. The van der Waals surface area contributed by atoms with Gasteiger partial charge in [0.05, 0.1) is 12.5 Å². The van der Waals surface area contributed by atoms with Crippen molar-refractivity contribution < 1.29 is 19.4 Å². The molecular formula is C16H21NO4. The van der Waals surface area contributed by atoms with Crippen LogP contribution in [0.4, 0.5) is 0 Å². The van der Waals surface area contributed by atoms with E-state index in [0.717, 1.165) is 17.7 Å². The van der Waals surface area contributed by atoms with Crippen LogP contribution in [0.1, 0.15) is 36.2 Å². The van der Waals surface area contributed by atoms with Gasteiger partial charge in [-0.3, -0.25) is 9.59 Å². The molecule has 1 amide bonds. The second kappa shape index (κ2) is 6.61. The van der Waals surface area contributed by atoms with Crippen molar-refractivity contribution in [2.45, 2.75) is 26.7 Å². The Kier molecular flexibility index (Phi) is 4.83. The molecule has 1 aliphatic rings. The van der Waals surface area contributed by atoms with Crippen molar-refractivity contribution in [3.05, 3.63) is 29.3 Å². The highest BCUT2D eigenvalue weighted by Crippen LogP contribution is 2.25. The van der Waals surface area contributed by atoms with Crippen molar-refractivity contribution in [1.29, 1.82) is 0 Å². The van der Waals surface area contributed by atoms with E-state index in [1.165, 1.54) is 0 Å². The number of carboxylic acid groups (broad SMARTS) is 1. The summed E-state index contributed by atoms with van der Waals surface area (Å²) < 4.78 is 5.40. The van der Waals surface area contributed by atoms with Crippen LogP contribution < -0.4 is 10.1 Å². The average Bonchev–Trinajstić information content (AvgIpc) is 2.89. The van der Waals surface area contributed by atoms with Gasteiger partial charge in [0.25, 0.3) is 5.91 Å². The van der Waals surface area contributed by atoms with Gasteiger partial charge >= 0.3 is 5.97 Å². The van der Waals surface area contributed by atoms with Gasteiger partial charge in [0.2, 0.25) is 0 Å². The number of nitrogens with one attached hydrogen (secondary N) is 1. The van der Waals surface area contributed by atoms with Crippen molar-refractivity contribution in [3.8, 4) is 5.75 Å². The van der Waals surface area contributed by atoms with E-state index in [9.17, 15) is 9.59 Å². The monoisotopic (exact) mass is 291 g/mol. The summed E-state index contributed by atoms with van der Waals surface area (Å²) in [4.78, 5) is 23.3. The zero-order valence-electron chi connectivity index (χ0n) is 12.4. The molecule has 2 N–H and O–H groups in total. The Balaban J connectivity index is 1.96. The van der Waals surface area contributed by atoms with Gasteiger partial charge in [-0.2, -0.15) is 0 Å². The van der Waals surface area contributed by atoms with E-state index in [1.54, 1.807) is 12.1 Å². The highest BCUT2D eigenvalue weighted by Gasteiger charge is 2.21. The minimum absolute atomic E-state index is 0.153. The summed E-state index contributed by atoms with van der Waals surface area (Å²) in [6.45, 7) is 4.74. The molecule has 0 radical (unpaired) electrons. The minimum atomic E-state index is -0.869. The topological polar surface area (TPSA) is 75.6 Å². The lowest BCUT2D eigenvalue weighted by Gasteiger charge is -2.15. The number of carboxylic acids is 1. The molecule has 5 heteroatoms. The minimum Gasteiger partial charge on any atom is -0.493 e. The molecule has 1 atom stereocenters. The molecule has 1 aromatic carbocycles. The maximum atomic E-state index is 12.1. The van der Waals surface area contributed by atoms with Crippen LogP contribution in [0.5, 0.6) is 5.75 Å². The summed E-state index contributed by atoms with van der Waals surface area (Å²) in [5.41, 5.74) is 1.58. The summed E-state index contributed by atoms with van der Waals surface area (Å²) in [7, 11) is 0. The molecule has 1 unspecified atom stereocenters. The van der Waals surface area contributed by atoms with Crippen molar-refractivity contribution in [1.82, 2.24) is 5.32 Å². The molecule has 5 nitrogen and oxygen atoms in total. The van der Waals surface area contributed by atoms with Gasteiger partial charge in [-0.05, 0) is 36.1 Å². The molecule has 1 heterocycles. The number of hydrogen-bond acceptors (Lipinski definition) is 3. The zero-order valence-corrected chi connectivity index (χ0v) is 12.4. The number of hydrogen-bond donors (Lipinski definition) is 2. The molecule has 1 aliphatic heterocycles. The first-order chi connectivity index (χ1) is 9.97. The second-order valence-electron chi connectivity index (χ2n) is 5.80. The summed E-state index contributed by atoms with van der Waals surface area (Å²) in [6.07, 6.45) is 1.36. The SMILES string of the molecule is CC(C)CC(CNC(=O)c1ccc2c(c1)CCO2)C(=O)O. The first-order valence-corrected chi connectivity index (χ1v) is 7.24. The van der Waals surface area contributed by atoms with Gasteiger partial charge in [-0.25, -0.2) is 0 Å². The van der Waals surface area contributed by atoms with E-state index in [2.05, 4.69) is 5.32 Å². The van der Waals surface area contributed by atoms with E-state index in [1.807, 2.05) is 19.9 Å². The quantitative estimate of drug-likeness (QED) is 0.841. The lowest BCUT2D eigenvalue weighted by atomic mass is 9.97. The van der Waals surface area contributed by atoms with Crippen molar-refractivity contribution >= 4 is 11.9 Å². The number of amides is 1. The normalized spacial score (nSPS) is 14.4. The maximum Gasteiger partial charge on any atom is 0.308 e. The Morgan fingerprint density at radius 2 is 2.14 bits per heavy atom. The van der Waals surface area contributed by atoms with E-state index in [0.29, 0.717) is 18.6 Å². The van der Waals surface area contributed by atoms with Crippen LogP contribution in [0.15, 0.2) is 18.2 Å². The molecule has 21 heavy (non-hydrogen) atoms. The molecule has 1 aromatic rings. The van der Waals surface area contributed by atoms with Gasteiger partial charge in [0.15, 0.2) is 0 Å². The van der Waals surface area contributed by atoms with Crippen LogP contribution >= 0.6 is 0 Å². The van der Waals surface area contributed by atoms with E-state index < -0.39 is 11.9 Å². The Labute approximate surface area is 124 Å². The number of carbonyl (C=O) groups is 2. The fourth-order valence-electron chi connectivity index (χ4n) is 2.49. The van der Waals surface area contributed by atoms with Gasteiger partial charge in [0, 0.05) is 18.5 Å². The Hall–Kier alpha value is -2.04. The fourth-order valence-corrected chi connectivity index (χ4v) is 2.49. The first-order valence-electron chi connectivity index (χ1n) is 7.24. The number of carbonyl (C=O) groups excluding carboxylic acids is 1. The molecule has 0 aromatic heterocycles. The van der Waals surface area contributed by atoms with Gasteiger partial charge in [-0.15, -0.1) is 0 Å². The van der Waals surface area contributed by atoms with Crippen LogP contribution in [-0.2, 0) is 11.2 Å². The average molecular weight is 291 g/mol. The van der Waals surface area contributed by atoms with E-state index >= 15 is 0 Å². The second-order valence-corrected chi connectivity index (χ2v) is 5.80. The molecule has 0 aliphatic carbocycles. The smallest absolute Gasteiger partial charge is 0.308 e. The lowest BCUT2D eigenvalue weighted by molar-refractivity contribution is -0.142. The summed E-state index contributed by atoms with van der Waals surface area (Å²) in [6, 6.07) is 5.31. The molecule has 0 fully saturated rings. The Morgan fingerprint density at radius 1 is 1.38 bits per heavy atom. The number of aliphatic carboxylic acids is 1. The third kappa shape index (κ3) is 3.97. The predicted molar refractivity (Wildman–Crippen MR) is 78.6 cm³/mol. The first kappa shape index (κ1) is 15.4. The standard InChI is InChI=1S/C16H21NO4/c1-10(2)7-13(16(19)20)9-17-15(18)12-3-4-14-11(8-12)5-6-21-14/h3-4,8,10,13H,5-7,9H2,1-2H3,(H,17,18)(H,19,20). The van der Waals surface area contributed by atoms with Gasteiger partial charge in [0.1, 0.15) is 5.75 Å². The zero-order chi connectivity index (χ0) is 15.4. The lowest BCUT2D eigenvalue weighted by Crippen LogP contribution is -2.33. The molecule has 114 valence electrons. The number of benzene rings is 1. The third-order valence-corrected chi connectivity index (χ3v) is 3.57. The molecular weight excluding hydrogens is 270 g/mol. The van der Waals surface area contributed by atoms with Crippen LogP contribution in [0, 0.1) is 11.8 Å². The highest BCUT2D eigenvalue weighted by molar-refractivity contribution is 5.94. The summed E-state index contributed by atoms with van der Waals surface area (Å²) >= 11 is 0. The van der Waals surface area contributed by atoms with Gasteiger partial charge in [-0.1, -0.05) is 13.8 Å². The highest BCUT2D eigenvalue weighted by atomic mass is 16.5. The van der Waals surface area contributed by atoms with E-state index in [4.69, 9.17) is 9.84 Å². The van der Waals surface area contributed by atoms with Gasteiger partial charge < -0.3 is 15.2 Å². The Bertz CT molecular complexity index is 539. The van der Waals surface area contributed by atoms with Crippen LogP contribution in [-0.4, -0.2) is 30.1 Å². The molecule has 0 bridgehead atoms. The molecule has 0 spiro atoms. The Morgan fingerprint density at radius 3 is 2.81 bits per heavy atom. The predicted octanol–water partition coefficient (Wildman–Crippen LogP) is 2.10. The van der Waals surface area contributed by atoms with E-state index in [-0.39, 0.29) is 18.4 Å². The van der Waals surface area contributed by atoms with Crippen LogP contribution in [0.2, 0.25) is 0 Å². The molecule has 2 rings (SSSR count). The van der Waals surface area contributed by atoms with Crippen molar-refractivity contribution in [2.75, 3.05) is 13.2 Å².